The van der Waals surface area contributed by atoms with E-state index in [1.807, 2.05) is 13.8 Å². The van der Waals surface area contributed by atoms with Crippen LogP contribution in [0.1, 0.15) is 85.1 Å². The van der Waals surface area contributed by atoms with E-state index >= 15 is 0 Å². The average molecular weight is 336 g/mol. The Bertz CT molecular complexity index is 359. The fraction of sp³-hybridized carbons (Fsp3) is 0.727. The molecule has 1 aromatic rings. The molecular weight excluding hydrogens is 294 g/mol. The summed E-state index contributed by atoms with van der Waals surface area (Å²) in [6.07, 6.45) is 9.28. The highest BCUT2D eigenvalue weighted by Crippen LogP contribution is 2.13. The van der Waals surface area contributed by atoms with Gasteiger partial charge in [-0.3, -0.25) is 0 Å². The molecule has 140 valence electrons. The Balaban J connectivity index is 0.00000254. The lowest BCUT2D eigenvalue weighted by atomic mass is 10.0. The molecule has 0 saturated carbocycles. The van der Waals surface area contributed by atoms with Gasteiger partial charge in [-0.05, 0) is 43.0 Å². The summed E-state index contributed by atoms with van der Waals surface area (Å²) >= 11 is 0. The van der Waals surface area contributed by atoms with Crippen molar-refractivity contribution >= 4 is 0 Å². The molecule has 0 aromatic heterocycles. The van der Waals surface area contributed by atoms with Crippen molar-refractivity contribution in [3.8, 4) is 5.75 Å². The molecule has 0 spiro atoms. The van der Waals surface area contributed by atoms with Gasteiger partial charge in [0.05, 0.1) is 6.61 Å². The third-order valence-electron chi connectivity index (χ3n) is 3.86. The zero-order chi connectivity index (χ0) is 18.0. The number of ether oxygens (including phenoxy) is 1. The van der Waals surface area contributed by atoms with E-state index in [-0.39, 0.29) is 0 Å². The summed E-state index contributed by atoms with van der Waals surface area (Å²) in [5.41, 5.74) is 1.33. The van der Waals surface area contributed by atoms with Crippen LogP contribution in [-0.2, 0) is 6.54 Å². The topological polar surface area (TPSA) is 21.3 Å². The van der Waals surface area contributed by atoms with Crippen LogP contribution in [0, 0.1) is 5.92 Å². The third kappa shape index (κ3) is 13.4. The second-order valence-corrected chi connectivity index (χ2v) is 6.62. The van der Waals surface area contributed by atoms with Gasteiger partial charge in [-0.1, -0.05) is 78.9 Å². The molecule has 0 aliphatic rings. The second-order valence-electron chi connectivity index (χ2n) is 6.62. The molecule has 0 radical (unpaired) electrons. The fourth-order valence-corrected chi connectivity index (χ4v) is 2.49. The van der Waals surface area contributed by atoms with Crippen LogP contribution >= 0.6 is 0 Å². The van der Waals surface area contributed by atoms with Crippen LogP contribution < -0.4 is 10.1 Å². The zero-order valence-electron chi connectivity index (χ0n) is 16.9. The van der Waals surface area contributed by atoms with Crippen molar-refractivity contribution in [2.24, 2.45) is 5.92 Å². The van der Waals surface area contributed by atoms with Gasteiger partial charge in [0.2, 0.25) is 0 Å². The highest BCUT2D eigenvalue weighted by Gasteiger charge is 1.97. The minimum absolute atomic E-state index is 0.800. The predicted molar refractivity (Wildman–Crippen MR) is 108 cm³/mol. The highest BCUT2D eigenvalue weighted by molar-refractivity contribution is 5.27. The number of nitrogens with one attached hydrogen (secondary N) is 1. The lowest BCUT2D eigenvalue weighted by Crippen LogP contribution is -2.14. The molecule has 24 heavy (non-hydrogen) atoms. The Labute approximate surface area is 151 Å². The zero-order valence-corrected chi connectivity index (χ0v) is 16.9. The molecule has 1 rings (SSSR count). The van der Waals surface area contributed by atoms with Crippen LogP contribution in [0.4, 0.5) is 0 Å². The molecule has 2 nitrogen and oxygen atoms in total. The molecule has 0 bridgehead atoms. The van der Waals surface area contributed by atoms with Crippen molar-refractivity contribution < 1.29 is 4.74 Å². The first-order valence-corrected chi connectivity index (χ1v) is 10.1. The highest BCUT2D eigenvalue weighted by atomic mass is 16.5. The summed E-state index contributed by atoms with van der Waals surface area (Å²) in [6, 6.07) is 8.45. The van der Waals surface area contributed by atoms with Gasteiger partial charge in [0.25, 0.3) is 0 Å². The van der Waals surface area contributed by atoms with Crippen LogP contribution in [0.2, 0.25) is 0 Å². The first-order chi connectivity index (χ1) is 11.7. The molecule has 0 unspecified atom stereocenters. The number of benzene rings is 1. The van der Waals surface area contributed by atoms with E-state index in [0.717, 1.165) is 37.8 Å². The largest absolute Gasteiger partial charge is 0.494 e. The van der Waals surface area contributed by atoms with Crippen LogP contribution in [0.3, 0.4) is 0 Å². The van der Waals surface area contributed by atoms with Crippen molar-refractivity contribution in [1.82, 2.24) is 5.32 Å². The minimum Gasteiger partial charge on any atom is -0.494 e. The molecule has 0 heterocycles. The maximum Gasteiger partial charge on any atom is 0.119 e. The molecule has 1 aromatic carbocycles. The first-order valence-electron chi connectivity index (χ1n) is 10.1. The number of hydrogen-bond donors (Lipinski definition) is 1. The van der Waals surface area contributed by atoms with Crippen molar-refractivity contribution in [3.05, 3.63) is 29.8 Å². The fourth-order valence-electron chi connectivity index (χ4n) is 2.49. The molecular formula is C22H41NO. The summed E-state index contributed by atoms with van der Waals surface area (Å²) in [5.74, 6) is 1.84. The summed E-state index contributed by atoms with van der Waals surface area (Å²) in [4.78, 5) is 0. The minimum atomic E-state index is 0.800. The molecule has 0 aliphatic carbocycles. The van der Waals surface area contributed by atoms with Gasteiger partial charge < -0.3 is 10.1 Å². The standard InChI is InChI=1S/C20H35NO.C2H6/c1-4-16-22-20-13-11-19(12-14-20)17-21-15-9-7-5-6-8-10-18(2)3;1-2/h11-14,18,21H,4-10,15-17H2,1-3H3;1-2H3. The summed E-state index contributed by atoms with van der Waals surface area (Å²) < 4.78 is 5.59. The van der Waals surface area contributed by atoms with Gasteiger partial charge in [-0.2, -0.15) is 0 Å². The van der Waals surface area contributed by atoms with Crippen LogP contribution in [0.25, 0.3) is 0 Å². The lowest BCUT2D eigenvalue weighted by Gasteiger charge is -2.08. The molecule has 0 saturated heterocycles. The predicted octanol–water partition coefficient (Wildman–Crippen LogP) is 6.59. The summed E-state index contributed by atoms with van der Waals surface area (Å²) in [5, 5.41) is 3.53. The van der Waals surface area contributed by atoms with E-state index in [1.54, 1.807) is 0 Å². The number of rotatable bonds is 13. The van der Waals surface area contributed by atoms with Gasteiger partial charge in [0, 0.05) is 6.54 Å². The van der Waals surface area contributed by atoms with Gasteiger partial charge in [-0.25, -0.2) is 0 Å². The first kappa shape index (κ1) is 23.0. The molecule has 2 heteroatoms. The Morgan fingerprint density at radius 3 is 2.17 bits per heavy atom. The molecule has 1 N–H and O–H groups in total. The average Bonchev–Trinajstić information content (AvgIpc) is 2.61. The lowest BCUT2D eigenvalue weighted by molar-refractivity contribution is 0.317. The van der Waals surface area contributed by atoms with Crippen molar-refractivity contribution in [2.75, 3.05) is 13.2 Å². The monoisotopic (exact) mass is 335 g/mol. The number of hydrogen-bond acceptors (Lipinski definition) is 2. The van der Waals surface area contributed by atoms with Crippen LogP contribution in [0.5, 0.6) is 5.75 Å². The van der Waals surface area contributed by atoms with Crippen LogP contribution in [0.15, 0.2) is 24.3 Å². The second kappa shape index (κ2) is 16.8. The third-order valence-corrected chi connectivity index (χ3v) is 3.86. The molecule has 0 fully saturated rings. The summed E-state index contributed by atoms with van der Waals surface area (Å²) in [7, 11) is 0. The van der Waals surface area contributed by atoms with E-state index < -0.39 is 0 Å². The van der Waals surface area contributed by atoms with E-state index in [4.69, 9.17) is 4.74 Å². The smallest absolute Gasteiger partial charge is 0.119 e. The Morgan fingerprint density at radius 2 is 1.54 bits per heavy atom. The summed E-state index contributed by atoms with van der Waals surface area (Å²) in [6.45, 7) is 13.6. The van der Waals surface area contributed by atoms with Crippen molar-refractivity contribution in [2.45, 2.75) is 86.1 Å². The van der Waals surface area contributed by atoms with E-state index in [9.17, 15) is 0 Å². The maximum atomic E-state index is 5.59. The van der Waals surface area contributed by atoms with Gasteiger partial charge in [0.1, 0.15) is 5.75 Å². The Morgan fingerprint density at radius 1 is 0.917 bits per heavy atom. The van der Waals surface area contributed by atoms with E-state index in [2.05, 4.69) is 50.4 Å². The SMILES string of the molecule is CC.CCCOc1ccc(CNCCCCCCCC(C)C)cc1. The van der Waals surface area contributed by atoms with Crippen LogP contribution in [-0.4, -0.2) is 13.2 Å². The quantitative estimate of drug-likeness (QED) is 0.411. The van der Waals surface area contributed by atoms with Gasteiger partial charge in [0.15, 0.2) is 0 Å². The van der Waals surface area contributed by atoms with E-state index in [1.165, 1.54) is 44.1 Å². The van der Waals surface area contributed by atoms with E-state index in [0.29, 0.717) is 0 Å². The normalized spacial score (nSPS) is 10.4. The Hall–Kier alpha value is -1.02. The molecule has 0 aliphatic heterocycles. The molecule has 0 amide bonds. The molecule has 0 atom stereocenters. The number of unbranched alkanes of at least 4 members (excludes halogenated alkanes) is 4. The Kier molecular flexibility index (Phi) is 16.1. The van der Waals surface area contributed by atoms with Gasteiger partial charge >= 0.3 is 0 Å². The van der Waals surface area contributed by atoms with Crippen molar-refractivity contribution in [1.29, 1.82) is 0 Å². The maximum absolute atomic E-state index is 5.59. The van der Waals surface area contributed by atoms with Gasteiger partial charge in [-0.15, -0.1) is 0 Å². The van der Waals surface area contributed by atoms with Crippen molar-refractivity contribution in [3.63, 3.8) is 0 Å².